The van der Waals surface area contributed by atoms with Gasteiger partial charge in [-0.15, -0.1) is 11.3 Å². The second-order valence-electron chi connectivity index (χ2n) is 4.61. The van der Waals surface area contributed by atoms with E-state index in [1.807, 2.05) is 0 Å². The van der Waals surface area contributed by atoms with Crippen LogP contribution in [0.3, 0.4) is 0 Å². The Hall–Kier alpha value is -0.910. The quantitative estimate of drug-likeness (QED) is 0.850. The van der Waals surface area contributed by atoms with E-state index in [2.05, 4.69) is 15.3 Å². The SMILES string of the molecule is CC(O)CNc1nc(Cl)nc2sc3c(c12)CCC3. The van der Waals surface area contributed by atoms with E-state index in [0.29, 0.717) is 6.54 Å². The summed E-state index contributed by atoms with van der Waals surface area (Å²) in [7, 11) is 0. The van der Waals surface area contributed by atoms with Crippen molar-refractivity contribution in [2.75, 3.05) is 11.9 Å². The molecule has 0 radical (unpaired) electrons. The molecule has 2 N–H and O–H groups in total. The van der Waals surface area contributed by atoms with Gasteiger partial charge in [-0.3, -0.25) is 0 Å². The molecule has 1 aliphatic carbocycles. The fraction of sp³-hybridized carbons (Fsp3) is 0.500. The molecule has 1 unspecified atom stereocenters. The Morgan fingerprint density at radius 1 is 1.44 bits per heavy atom. The van der Waals surface area contributed by atoms with Gasteiger partial charge in [0.1, 0.15) is 10.6 Å². The number of aliphatic hydroxyl groups is 1. The van der Waals surface area contributed by atoms with Crippen LogP contribution in [0, 0.1) is 0 Å². The zero-order valence-corrected chi connectivity index (χ0v) is 11.6. The number of thiophene rings is 1. The minimum absolute atomic E-state index is 0.260. The van der Waals surface area contributed by atoms with Crippen molar-refractivity contribution in [1.29, 1.82) is 0 Å². The third-order valence-corrected chi connectivity index (χ3v) is 4.46. The number of halogens is 1. The molecule has 0 amide bonds. The number of nitrogens with one attached hydrogen (secondary N) is 1. The third kappa shape index (κ3) is 2.06. The van der Waals surface area contributed by atoms with Gasteiger partial charge in [-0.2, -0.15) is 0 Å². The minimum atomic E-state index is -0.416. The van der Waals surface area contributed by atoms with Crippen molar-refractivity contribution in [2.24, 2.45) is 0 Å². The monoisotopic (exact) mass is 283 g/mol. The lowest BCUT2D eigenvalue weighted by Gasteiger charge is -2.09. The molecule has 2 aromatic heterocycles. The molecule has 0 aliphatic heterocycles. The van der Waals surface area contributed by atoms with E-state index >= 15 is 0 Å². The molecule has 0 aromatic carbocycles. The molecular formula is C12H14ClN3OS. The molecule has 0 saturated carbocycles. The molecule has 1 atom stereocenters. The van der Waals surface area contributed by atoms with Crippen molar-refractivity contribution in [1.82, 2.24) is 9.97 Å². The molecule has 0 bridgehead atoms. The lowest BCUT2D eigenvalue weighted by Crippen LogP contribution is -2.16. The highest BCUT2D eigenvalue weighted by atomic mass is 35.5. The molecule has 4 nitrogen and oxygen atoms in total. The largest absolute Gasteiger partial charge is 0.392 e. The van der Waals surface area contributed by atoms with Gasteiger partial charge in [0.2, 0.25) is 5.28 Å². The standard InChI is InChI=1S/C12H14ClN3OS/c1-6(17)5-14-10-9-7-3-2-4-8(7)18-11(9)16-12(13)15-10/h6,17H,2-5H2,1H3,(H,14,15,16). The van der Waals surface area contributed by atoms with E-state index in [1.54, 1.807) is 18.3 Å². The number of aliphatic hydroxyl groups excluding tert-OH is 1. The van der Waals surface area contributed by atoms with Crippen LogP contribution >= 0.6 is 22.9 Å². The molecule has 2 aromatic rings. The summed E-state index contributed by atoms with van der Waals surface area (Å²) >= 11 is 7.65. The van der Waals surface area contributed by atoms with E-state index in [-0.39, 0.29) is 5.28 Å². The molecule has 2 heterocycles. The molecule has 3 rings (SSSR count). The van der Waals surface area contributed by atoms with Gasteiger partial charge in [0.05, 0.1) is 11.5 Å². The lowest BCUT2D eigenvalue weighted by molar-refractivity contribution is 0.208. The third-order valence-electron chi connectivity index (χ3n) is 3.10. The lowest BCUT2D eigenvalue weighted by atomic mass is 10.2. The van der Waals surface area contributed by atoms with E-state index in [0.717, 1.165) is 28.9 Å². The molecule has 0 spiro atoms. The van der Waals surface area contributed by atoms with E-state index in [4.69, 9.17) is 11.6 Å². The summed E-state index contributed by atoms with van der Waals surface area (Å²) < 4.78 is 0. The molecule has 6 heteroatoms. The minimum Gasteiger partial charge on any atom is -0.392 e. The Labute approximate surface area is 114 Å². The average Bonchev–Trinajstić information content (AvgIpc) is 2.84. The second-order valence-corrected chi connectivity index (χ2v) is 6.03. The summed E-state index contributed by atoms with van der Waals surface area (Å²) in [5.74, 6) is 0.755. The summed E-state index contributed by atoms with van der Waals surface area (Å²) in [4.78, 5) is 10.9. The molecule has 1 aliphatic rings. The Morgan fingerprint density at radius 3 is 3.06 bits per heavy atom. The number of hydrogen-bond donors (Lipinski definition) is 2. The zero-order chi connectivity index (χ0) is 12.7. The van der Waals surface area contributed by atoms with Crippen LogP contribution < -0.4 is 5.32 Å². The zero-order valence-electron chi connectivity index (χ0n) is 10.0. The smallest absolute Gasteiger partial charge is 0.225 e. The van der Waals surface area contributed by atoms with Crippen molar-refractivity contribution < 1.29 is 5.11 Å². The summed E-state index contributed by atoms with van der Waals surface area (Å²) in [5.41, 5.74) is 1.36. The van der Waals surface area contributed by atoms with Crippen LogP contribution in [0.2, 0.25) is 5.28 Å². The Kier molecular flexibility index (Phi) is 3.13. The normalized spacial score (nSPS) is 15.9. The summed E-state index contributed by atoms with van der Waals surface area (Å²) in [5, 5.41) is 13.9. The van der Waals surface area contributed by atoms with Crippen LogP contribution in [0.1, 0.15) is 23.8 Å². The van der Waals surface area contributed by atoms with Crippen molar-refractivity contribution in [3.63, 3.8) is 0 Å². The van der Waals surface area contributed by atoms with Crippen molar-refractivity contribution >= 4 is 39.0 Å². The van der Waals surface area contributed by atoms with Crippen molar-refractivity contribution in [3.8, 4) is 0 Å². The number of nitrogens with zero attached hydrogens (tertiary/aromatic N) is 2. The van der Waals surface area contributed by atoms with E-state index in [1.165, 1.54) is 16.9 Å². The van der Waals surface area contributed by atoms with Gasteiger partial charge in [0, 0.05) is 11.4 Å². The predicted molar refractivity (Wildman–Crippen MR) is 74.6 cm³/mol. The fourth-order valence-electron chi connectivity index (χ4n) is 2.34. The van der Waals surface area contributed by atoms with Gasteiger partial charge in [0.25, 0.3) is 0 Å². The second kappa shape index (κ2) is 4.64. The maximum Gasteiger partial charge on any atom is 0.225 e. The van der Waals surface area contributed by atoms with Crippen molar-refractivity contribution in [3.05, 3.63) is 15.7 Å². The maximum absolute atomic E-state index is 9.36. The van der Waals surface area contributed by atoms with E-state index in [9.17, 15) is 5.11 Å². The van der Waals surface area contributed by atoms with Gasteiger partial charge in [0.15, 0.2) is 0 Å². The van der Waals surface area contributed by atoms with Crippen LogP contribution in [0.5, 0.6) is 0 Å². The average molecular weight is 284 g/mol. The summed E-state index contributed by atoms with van der Waals surface area (Å²) in [6.07, 6.45) is 3.00. The highest BCUT2D eigenvalue weighted by Gasteiger charge is 2.22. The number of aromatic nitrogens is 2. The first kappa shape index (κ1) is 12.1. The topological polar surface area (TPSA) is 58.0 Å². The molecule has 18 heavy (non-hydrogen) atoms. The molecule has 96 valence electrons. The molecule has 0 saturated heterocycles. The predicted octanol–water partition coefficient (Wildman–Crippen LogP) is 2.63. The van der Waals surface area contributed by atoms with Gasteiger partial charge >= 0.3 is 0 Å². The first-order valence-corrected chi connectivity index (χ1v) is 7.24. The maximum atomic E-state index is 9.36. The summed E-state index contributed by atoms with van der Waals surface area (Å²) in [6, 6.07) is 0. The first-order chi connectivity index (χ1) is 8.65. The van der Waals surface area contributed by atoms with Gasteiger partial charge < -0.3 is 10.4 Å². The van der Waals surface area contributed by atoms with Crippen LogP contribution in [0.15, 0.2) is 0 Å². The van der Waals surface area contributed by atoms with Crippen LogP contribution in [0.25, 0.3) is 10.2 Å². The Balaban J connectivity index is 2.10. The van der Waals surface area contributed by atoms with Crippen LogP contribution in [0.4, 0.5) is 5.82 Å². The highest BCUT2D eigenvalue weighted by Crippen LogP contribution is 2.39. The first-order valence-electron chi connectivity index (χ1n) is 6.05. The number of fused-ring (bicyclic) bond motifs is 3. The summed E-state index contributed by atoms with van der Waals surface area (Å²) in [6.45, 7) is 2.21. The number of hydrogen-bond acceptors (Lipinski definition) is 5. The Morgan fingerprint density at radius 2 is 2.28 bits per heavy atom. The van der Waals surface area contributed by atoms with E-state index < -0.39 is 6.10 Å². The van der Waals surface area contributed by atoms with Gasteiger partial charge in [-0.1, -0.05) is 0 Å². The number of aryl methyl sites for hydroxylation is 2. The van der Waals surface area contributed by atoms with Gasteiger partial charge in [-0.05, 0) is 43.4 Å². The molecular weight excluding hydrogens is 270 g/mol. The fourth-order valence-corrected chi connectivity index (χ4v) is 3.82. The highest BCUT2D eigenvalue weighted by molar-refractivity contribution is 7.19. The molecule has 0 fully saturated rings. The van der Waals surface area contributed by atoms with Crippen LogP contribution in [-0.2, 0) is 12.8 Å². The van der Waals surface area contributed by atoms with Crippen molar-refractivity contribution in [2.45, 2.75) is 32.3 Å². The Bertz CT molecular complexity index is 597. The number of anilines is 1. The number of rotatable bonds is 3. The van der Waals surface area contributed by atoms with Crippen LogP contribution in [-0.4, -0.2) is 27.7 Å². The van der Waals surface area contributed by atoms with Gasteiger partial charge in [-0.25, -0.2) is 9.97 Å².